The first kappa shape index (κ1) is 18.9. The van der Waals surface area contributed by atoms with Crippen LogP contribution in [0.1, 0.15) is 17.5 Å². The van der Waals surface area contributed by atoms with Crippen molar-refractivity contribution in [2.75, 3.05) is 16.8 Å². The lowest BCUT2D eigenvalue weighted by molar-refractivity contribution is -0.137. The number of hydrogen-bond donors (Lipinski definition) is 1. The van der Waals surface area contributed by atoms with E-state index in [-0.39, 0.29) is 18.7 Å². The zero-order valence-electron chi connectivity index (χ0n) is 14.3. The molecule has 1 fully saturated rings. The van der Waals surface area contributed by atoms with E-state index in [1.165, 1.54) is 35.2 Å². The van der Waals surface area contributed by atoms with E-state index >= 15 is 0 Å². The van der Waals surface area contributed by atoms with Crippen molar-refractivity contribution in [3.63, 3.8) is 0 Å². The zero-order valence-corrected chi connectivity index (χ0v) is 14.3. The predicted molar refractivity (Wildman–Crippen MR) is 91.7 cm³/mol. The fourth-order valence-corrected chi connectivity index (χ4v) is 2.98. The van der Waals surface area contributed by atoms with E-state index in [9.17, 15) is 27.2 Å². The molecule has 1 heterocycles. The molecule has 2 aromatic carbocycles. The van der Waals surface area contributed by atoms with E-state index in [2.05, 4.69) is 5.32 Å². The molecule has 0 spiro atoms. The Morgan fingerprint density at radius 1 is 1.19 bits per heavy atom. The number of benzene rings is 2. The Bertz CT molecular complexity index is 896. The van der Waals surface area contributed by atoms with Gasteiger partial charge in [-0.1, -0.05) is 6.07 Å². The highest BCUT2D eigenvalue weighted by Gasteiger charge is 2.37. The molecule has 0 aromatic heterocycles. The first-order valence-corrected chi connectivity index (χ1v) is 8.20. The molecule has 0 saturated carbocycles. The van der Waals surface area contributed by atoms with Crippen molar-refractivity contribution in [2.45, 2.75) is 19.5 Å². The van der Waals surface area contributed by atoms with Crippen molar-refractivity contribution in [3.05, 3.63) is 59.4 Å². The van der Waals surface area contributed by atoms with Gasteiger partial charge in [0.2, 0.25) is 11.8 Å². The van der Waals surface area contributed by atoms with Crippen LogP contribution in [0.25, 0.3) is 0 Å². The molecule has 3 rings (SSSR count). The first-order chi connectivity index (χ1) is 12.6. The standard InChI is InChI=1S/C19H16F4N2O2/c1-11-7-14(20)5-6-16(11)24-18(27)12-8-17(26)25(10-12)15-4-2-3-13(9-15)19(21,22)23/h2-7,9,12H,8,10H2,1H3,(H,24,27)/t12-/m0/s1. The number of carbonyl (C=O) groups is 2. The number of nitrogens with one attached hydrogen (secondary N) is 1. The summed E-state index contributed by atoms with van der Waals surface area (Å²) >= 11 is 0. The molecule has 1 aliphatic heterocycles. The highest BCUT2D eigenvalue weighted by atomic mass is 19.4. The molecule has 2 aromatic rings. The molecule has 1 saturated heterocycles. The molecule has 1 N–H and O–H groups in total. The van der Waals surface area contributed by atoms with Gasteiger partial charge in [-0.3, -0.25) is 9.59 Å². The lowest BCUT2D eigenvalue weighted by Gasteiger charge is -2.18. The third kappa shape index (κ3) is 4.10. The summed E-state index contributed by atoms with van der Waals surface area (Å²) in [5.74, 6) is -2.01. The molecule has 27 heavy (non-hydrogen) atoms. The van der Waals surface area contributed by atoms with Crippen LogP contribution < -0.4 is 10.2 Å². The van der Waals surface area contributed by atoms with Crippen LogP contribution in [-0.2, 0) is 15.8 Å². The summed E-state index contributed by atoms with van der Waals surface area (Å²) in [7, 11) is 0. The van der Waals surface area contributed by atoms with Gasteiger partial charge in [0.1, 0.15) is 5.82 Å². The van der Waals surface area contributed by atoms with Crippen LogP contribution in [0.3, 0.4) is 0 Å². The number of aryl methyl sites for hydroxylation is 1. The lowest BCUT2D eigenvalue weighted by Crippen LogP contribution is -2.28. The normalized spacial score (nSPS) is 17.3. The molecule has 1 aliphatic rings. The summed E-state index contributed by atoms with van der Waals surface area (Å²) in [6.45, 7) is 1.61. The van der Waals surface area contributed by atoms with Gasteiger partial charge in [0.25, 0.3) is 0 Å². The molecule has 0 unspecified atom stereocenters. The van der Waals surface area contributed by atoms with Gasteiger partial charge < -0.3 is 10.2 Å². The Morgan fingerprint density at radius 3 is 2.59 bits per heavy atom. The fraction of sp³-hybridized carbons (Fsp3) is 0.263. The van der Waals surface area contributed by atoms with Gasteiger partial charge in [0.15, 0.2) is 0 Å². The van der Waals surface area contributed by atoms with E-state index in [1.54, 1.807) is 6.92 Å². The van der Waals surface area contributed by atoms with Crippen molar-refractivity contribution >= 4 is 23.2 Å². The van der Waals surface area contributed by atoms with Gasteiger partial charge in [-0.2, -0.15) is 13.2 Å². The van der Waals surface area contributed by atoms with E-state index in [0.717, 1.165) is 12.1 Å². The number of carbonyl (C=O) groups excluding carboxylic acids is 2. The Labute approximate surface area is 152 Å². The quantitative estimate of drug-likeness (QED) is 0.814. The second kappa shape index (κ2) is 7.02. The van der Waals surface area contributed by atoms with Crippen molar-refractivity contribution in [3.8, 4) is 0 Å². The number of amides is 2. The molecule has 0 aliphatic carbocycles. The molecule has 2 amide bonds. The second-order valence-corrected chi connectivity index (χ2v) is 6.40. The van der Waals surface area contributed by atoms with Crippen LogP contribution in [0, 0.1) is 18.7 Å². The summed E-state index contributed by atoms with van der Waals surface area (Å²) in [4.78, 5) is 25.8. The fourth-order valence-electron chi connectivity index (χ4n) is 2.98. The molecular formula is C19H16F4N2O2. The number of hydrogen-bond acceptors (Lipinski definition) is 2. The average molecular weight is 380 g/mol. The van der Waals surface area contributed by atoms with Crippen molar-refractivity contribution in [2.24, 2.45) is 5.92 Å². The summed E-state index contributed by atoms with van der Waals surface area (Å²) in [5, 5.41) is 2.64. The zero-order chi connectivity index (χ0) is 19.8. The van der Waals surface area contributed by atoms with Crippen molar-refractivity contribution in [1.82, 2.24) is 0 Å². The molecule has 142 valence electrons. The smallest absolute Gasteiger partial charge is 0.326 e. The number of anilines is 2. The van der Waals surface area contributed by atoms with E-state index in [4.69, 9.17) is 0 Å². The third-order valence-corrected chi connectivity index (χ3v) is 4.43. The average Bonchev–Trinajstić information content (AvgIpc) is 2.99. The SMILES string of the molecule is Cc1cc(F)ccc1NC(=O)[C@H]1CC(=O)N(c2cccc(C(F)(F)F)c2)C1. The highest BCUT2D eigenvalue weighted by molar-refractivity contribution is 6.03. The monoisotopic (exact) mass is 380 g/mol. The Morgan fingerprint density at radius 2 is 1.93 bits per heavy atom. The minimum absolute atomic E-state index is 0.0216. The maximum Gasteiger partial charge on any atom is 0.416 e. The highest BCUT2D eigenvalue weighted by Crippen LogP contribution is 2.33. The Kier molecular flexibility index (Phi) is 4.91. The second-order valence-electron chi connectivity index (χ2n) is 6.40. The lowest BCUT2D eigenvalue weighted by atomic mass is 10.1. The summed E-state index contributed by atoms with van der Waals surface area (Å²) in [5.41, 5.74) is 0.194. The molecular weight excluding hydrogens is 364 g/mol. The number of halogens is 4. The summed E-state index contributed by atoms with van der Waals surface area (Å²) < 4.78 is 51.8. The molecule has 8 heteroatoms. The van der Waals surface area contributed by atoms with Crippen LogP contribution in [0.2, 0.25) is 0 Å². The van der Waals surface area contributed by atoms with Crippen LogP contribution >= 0.6 is 0 Å². The van der Waals surface area contributed by atoms with Crippen LogP contribution in [0.15, 0.2) is 42.5 Å². The Hall–Kier alpha value is -2.90. The summed E-state index contributed by atoms with van der Waals surface area (Å²) in [6, 6.07) is 8.33. The van der Waals surface area contributed by atoms with E-state index < -0.39 is 35.3 Å². The first-order valence-electron chi connectivity index (χ1n) is 8.20. The van der Waals surface area contributed by atoms with Gasteiger partial charge >= 0.3 is 6.18 Å². The van der Waals surface area contributed by atoms with E-state index in [0.29, 0.717) is 11.3 Å². The van der Waals surface area contributed by atoms with Crippen molar-refractivity contribution in [1.29, 1.82) is 0 Å². The molecule has 0 bridgehead atoms. The number of rotatable bonds is 3. The minimum Gasteiger partial charge on any atom is -0.326 e. The maximum absolute atomic E-state index is 13.1. The van der Waals surface area contributed by atoms with Gasteiger partial charge in [0, 0.05) is 24.3 Å². The molecule has 1 atom stereocenters. The molecule has 4 nitrogen and oxygen atoms in total. The molecule has 0 radical (unpaired) electrons. The van der Waals surface area contributed by atoms with Crippen molar-refractivity contribution < 1.29 is 27.2 Å². The van der Waals surface area contributed by atoms with E-state index in [1.807, 2.05) is 0 Å². The van der Waals surface area contributed by atoms with Crippen LogP contribution in [0.5, 0.6) is 0 Å². The summed E-state index contributed by atoms with van der Waals surface area (Å²) in [6.07, 6.45) is -4.63. The minimum atomic E-state index is -4.52. The van der Waals surface area contributed by atoms with Gasteiger partial charge in [-0.15, -0.1) is 0 Å². The Balaban J connectivity index is 1.74. The van der Waals surface area contributed by atoms with Crippen LogP contribution in [-0.4, -0.2) is 18.4 Å². The van der Waals surface area contributed by atoms with Crippen LogP contribution in [0.4, 0.5) is 28.9 Å². The third-order valence-electron chi connectivity index (χ3n) is 4.43. The predicted octanol–water partition coefficient (Wildman–Crippen LogP) is 4.14. The number of alkyl halides is 3. The topological polar surface area (TPSA) is 49.4 Å². The van der Waals surface area contributed by atoms with Gasteiger partial charge in [-0.05, 0) is 48.9 Å². The maximum atomic E-state index is 13.1. The van der Waals surface area contributed by atoms with Gasteiger partial charge in [-0.25, -0.2) is 4.39 Å². The number of nitrogens with zero attached hydrogens (tertiary/aromatic N) is 1. The largest absolute Gasteiger partial charge is 0.416 e. The van der Waals surface area contributed by atoms with Gasteiger partial charge in [0.05, 0.1) is 11.5 Å².